The molecule has 2 N–H and O–H groups in total. The molecule has 2 aliphatic carbocycles. The molecule has 1 heterocycles. The molecule has 3 rings (SSSR count). The summed E-state index contributed by atoms with van der Waals surface area (Å²) in [4.78, 5) is 29.6. The number of carbonyl (C=O) groups excluding carboxylic acids is 1. The van der Waals surface area contributed by atoms with Crippen molar-refractivity contribution in [2.45, 2.75) is 45.4 Å². The number of H-pyrrole nitrogens is 1. The maximum Gasteiger partial charge on any atom is 0.351 e. The lowest BCUT2D eigenvalue weighted by Crippen LogP contribution is -2.37. The summed E-state index contributed by atoms with van der Waals surface area (Å²) in [5, 5.41) is 2.96. The third-order valence-electron chi connectivity index (χ3n) is 5.16. The van der Waals surface area contributed by atoms with Crippen molar-refractivity contribution in [3.05, 3.63) is 16.6 Å². The van der Waals surface area contributed by atoms with Crippen LogP contribution in [0.5, 0.6) is 11.8 Å². The third kappa shape index (κ3) is 5.21. The van der Waals surface area contributed by atoms with Crippen molar-refractivity contribution in [1.29, 1.82) is 0 Å². The lowest BCUT2D eigenvalue weighted by molar-refractivity contribution is -0.123. The van der Waals surface area contributed by atoms with Gasteiger partial charge in [0.1, 0.15) is 0 Å². The second kappa shape index (κ2) is 8.36. The fourth-order valence-corrected chi connectivity index (χ4v) is 4.21. The van der Waals surface area contributed by atoms with Crippen LogP contribution in [0.3, 0.4) is 0 Å². The molecule has 2 saturated carbocycles. The molecule has 2 unspecified atom stereocenters. The third-order valence-corrected chi connectivity index (χ3v) is 5.16. The van der Waals surface area contributed by atoms with Crippen LogP contribution in [0.25, 0.3) is 0 Å². The van der Waals surface area contributed by atoms with Crippen molar-refractivity contribution in [2.24, 2.45) is 17.8 Å². The van der Waals surface area contributed by atoms with Gasteiger partial charge in [-0.05, 0) is 43.9 Å². The molecule has 138 valence electrons. The molecule has 2 fully saturated rings. The smallest absolute Gasteiger partial charge is 0.351 e. The molecule has 0 saturated heterocycles. The number of fused-ring (bicyclic) bond motifs is 2. The van der Waals surface area contributed by atoms with E-state index in [4.69, 9.17) is 9.47 Å². The summed E-state index contributed by atoms with van der Waals surface area (Å²) in [5.74, 6) is 2.47. The maximum absolute atomic E-state index is 12.0. The predicted octanol–water partition coefficient (Wildman–Crippen LogP) is 1.88. The highest BCUT2D eigenvalue weighted by Gasteiger charge is 2.31. The largest absolute Gasteiger partial charge is 0.479 e. The van der Waals surface area contributed by atoms with E-state index < -0.39 is 5.69 Å². The Labute approximate surface area is 147 Å². The van der Waals surface area contributed by atoms with Gasteiger partial charge < -0.3 is 14.8 Å². The Morgan fingerprint density at radius 2 is 2.04 bits per heavy atom. The van der Waals surface area contributed by atoms with Gasteiger partial charge in [0, 0.05) is 6.54 Å². The standard InChI is InChI=1S/C18H27N3O4/c1-2-24-16-9-17(21-18(23)20-16)25-11-15(22)19-10-14-7-12-4-3-5-13(6-12)8-14/h9,12-14H,2-8,10-11H2,1H3,(H,19,22)(H,20,21,23). The van der Waals surface area contributed by atoms with Gasteiger partial charge in [0.25, 0.3) is 5.91 Å². The number of aromatic amines is 1. The van der Waals surface area contributed by atoms with E-state index in [1.807, 2.05) is 6.92 Å². The van der Waals surface area contributed by atoms with Gasteiger partial charge in [0.15, 0.2) is 12.5 Å². The Balaban J connectivity index is 1.43. The van der Waals surface area contributed by atoms with Crippen molar-refractivity contribution in [3.63, 3.8) is 0 Å². The summed E-state index contributed by atoms with van der Waals surface area (Å²) < 4.78 is 10.5. The zero-order chi connectivity index (χ0) is 17.6. The second-order valence-electron chi connectivity index (χ2n) is 7.15. The maximum atomic E-state index is 12.0. The Morgan fingerprint density at radius 3 is 2.76 bits per heavy atom. The highest BCUT2D eigenvalue weighted by Crippen LogP contribution is 2.42. The van der Waals surface area contributed by atoms with Gasteiger partial charge in [0.05, 0.1) is 12.7 Å². The molecule has 2 bridgehead atoms. The first-order valence-corrected chi connectivity index (χ1v) is 9.26. The van der Waals surface area contributed by atoms with E-state index in [0.717, 1.165) is 11.8 Å². The highest BCUT2D eigenvalue weighted by molar-refractivity contribution is 5.77. The number of rotatable bonds is 7. The zero-order valence-corrected chi connectivity index (χ0v) is 14.8. The fourth-order valence-electron chi connectivity index (χ4n) is 4.21. The summed E-state index contributed by atoms with van der Waals surface area (Å²) >= 11 is 0. The van der Waals surface area contributed by atoms with Crippen LogP contribution in [-0.4, -0.2) is 35.6 Å². The van der Waals surface area contributed by atoms with Crippen LogP contribution < -0.4 is 20.5 Å². The molecule has 7 heteroatoms. The first-order chi connectivity index (χ1) is 12.1. The molecule has 1 aromatic rings. The molecule has 1 aromatic heterocycles. The topological polar surface area (TPSA) is 93.3 Å². The summed E-state index contributed by atoms with van der Waals surface area (Å²) in [6.45, 7) is 2.79. The second-order valence-corrected chi connectivity index (χ2v) is 7.15. The van der Waals surface area contributed by atoms with E-state index in [2.05, 4.69) is 15.3 Å². The average Bonchev–Trinajstić information content (AvgIpc) is 2.58. The van der Waals surface area contributed by atoms with E-state index >= 15 is 0 Å². The summed E-state index contributed by atoms with van der Waals surface area (Å²) in [7, 11) is 0. The van der Waals surface area contributed by atoms with Crippen LogP contribution in [0.2, 0.25) is 0 Å². The molecule has 0 aromatic carbocycles. The van der Waals surface area contributed by atoms with Gasteiger partial charge in [0.2, 0.25) is 5.88 Å². The lowest BCUT2D eigenvalue weighted by atomic mass is 9.68. The minimum atomic E-state index is -0.560. The van der Waals surface area contributed by atoms with Gasteiger partial charge in [-0.3, -0.25) is 9.78 Å². The normalized spacial score (nSPS) is 25.2. The molecule has 0 aliphatic heterocycles. The summed E-state index contributed by atoms with van der Waals surface area (Å²) in [5.41, 5.74) is -0.560. The van der Waals surface area contributed by atoms with Crippen LogP contribution in [-0.2, 0) is 4.79 Å². The quantitative estimate of drug-likeness (QED) is 0.784. The lowest BCUT2D eigenvalue weighted by Gasteiger charge is -2.39. The van der Waals surface area contributed by atoms with Crippen LogP contribution in [0.15, 0.2) is 10.9 Å². The zero-order valence-electron chi connectivity index (χ0n) is 14.8. The molecule has 2 atom stereocenters. The summed E-state index contributed by atoms with van der Waals surface area (Å²) in [6, 6.07) is 1.47. The molecule has 1 amide bonds. The van der Waals surface area contributed by atoms with Crippen LogP contribution in [0, 0.1) is 17.8 Å². The molecule has 2 aliphatic rings. The van der Waals surface area contributed by atoms with Gasteiger partial charge in [-0.25, -0.2) is 4.79 Å². The number of nitrogens with zero attached hydrogens (tertiary/aromatic N) is 1. The number of ether oxygens (including phenoxy) is 2. The van der Waals surface area contributed by atoms with Crippen molar-refractivity contribution in [3.8, 4) is 11.8 Å². The molecule has 7 nitrogen and oxygen atoms in total. The first-order valence-electron chi connectivity index (χ1n) is 9.26. The van der Waals surface area contributed by atoms with Crippen LogP contribution in [0.1, 0.15) is 45.4 Å². The number of amides is 1. The van der Waals surface area contributed by atoms with Gasteiger partial charge >= 0.3 is 5.69 Å². The van der Waals surface area contributed by atoms with E-state index in [0.29, 0.717) is 19.1 Å². The van der Waals surface area contributed by atoms with Gasteiger partial charge in [-0.2, -0.15) is 4.98 Å². The van der Waals surface area contributed by atoms with Crippen LogP contribution >= 0.6 is 0 Å². The molecule has 25 heavy (non-hydrogen) atoms. The summed E-state index contributed by atoms with van der Waals surface area (Å²) in [6.07, 6.45) is 7.90. The minimum Gasteiger partial charge on any atom is -0.479 e. The number of hydrogen-bond acceptors (Lipinski definition) is 5. The fraction of sp³-hybridized carbons (Fsp3) is 0.722. The highest BCUT2D eigenvalue weighted by atomic mass is 16.5. The number of hydrogen-bond donors (Lipinski definition) is 2. The SMILES string of the molecule is CCOc1cc(OCC(=O)NCC2CC3CCCC(C3)C2)nc(=O)[nH]1. The first kappa shape index (κ1) is 17.8. The number of aromatic nitrogens is 2. The molecule has 0 radical (unpaired) electrons. The average molecular weight is 349 g/mol. The van der Waals surface area contributed by atoms with Crippen molar-refractivity contribution in [2.75, 3.05) is 19.8 Å². The number of carbonyl (C=O) groups is 1. The Bertz CT molecular complexity index is 633. The molecular weight excluding hydrogens is 322 g/mol. The minimum absolute atomic E-state index is 0.0922. The van der Waals surface area contributed by atoms with E-state index in [-0.39, 0.29) is 24.3 Å². The van der Waals surface area contributed by atoms with Crippen molar-refractivity contribution in [1.82, 2.24) is 15.3 Å². The molecule has 0 spiro atoms. The predicted molar refractivity (Wildman–Crippen MR) is 92.7 cm³/mol. The van der Waals surface area contributed by atoms with Crippen molar-refractivity contribution < 1.29 is 14.3 Å². The van der Waals surface area contributed by atoms with E-state index in [1.165, 1.54) is 44.6 Å². The van der Waals surface area contributed by atoms with Crippen molar-refractivity contribution >= 4 is 5.91 Å². The molecular formula is C18H27N3O4. The Morgan fingerprint density at radius 1 is 1.28 bits per heavy atom. The van der Waals surface area contributed by atoms with E-state index in [9.17, 15) is 9.59 Å². The monoisotopic (exact) mass is 349 g/mol. The number of nitrogens with one attached hydrogen (secondary N) is 2. The van der Waals surface area contributed by atoms with Crippen LogP contribution in [0.4, 0.5) is 0 Å². The Hall–Kier alpha value is -2.05. The van der Waals surface area contributed by atoms with Gasteiger partial charge in [-0.15, -0.1) is 0 Å². The van der Waals surface area contributed by atoms with Gasteiger partial charge in [-0.1, -0.05) is 19.3 Å². The Kier molecular flexibility index (Phi) is 5.94. The van der Waals surface area contributed by atoms with E-state index in [1.54, 1.807) is 0 Å².